The van der Waals surface area contributed by atoms with E-state index >= 15 is 0 Å². The van der Waals surface area contributed by atoms with E-state index in [9.17, 15) is 0 Å². The van der Waals surface area contributed by atoms with E-state index in [1.165, 1.54) is 0 Å². The van der Waals surface area contributed by atoms with Crippen LogP contribution >= 0.6 is 11.3 Å². The minimum Gasteiger partial charge on any atom is -0.438 e. The molecule has 0 spiro atoms. The molecule has 0 unspecified atom stereocenters. The van der Waals surface area contributed by atoms with Crippen LogP contribution in [0.2, 0.25) is 0 Å². The van der Waals surface area contributed by atoms with Crippen LogP contribution in [0.5, 0.6) is 11.6 Å². The maximum absolute atomic E-state index is 5.89. The molecule has 0 aliphatic rings. The lowest BCUT2D eigenvalue weighted by Gasteiger charge is -2.08. The normalized spacial score (nSPS) is 10.7. The molecule has 20 heavy (non-hydrogen) atoms. The minimum absolute atomic E-state index is 0.598. The number of para-hydroxylation sites is 1. The Labute approximate surface area is 121 Å². The Morgan fingerprint density at radius 1 is 1.15 bits per heavy atom. The molecule has 1 N–H and O–H groups in total. The predicted molar refractivity (Wildman–Crippen MR) is 82.7 cm³/mol. The summed E-state index contributed by atoms with van der Waals surface area (Å²) >= 11 is 1.59. The lowest BCUT2D eigenvalue weighted by atomic mass is 10.3. The monoisotopic (exact) mass is 285 g/mol. The summed E-state index contributed by atoms with van der Waals surface area (Å²) in [5, 5.41) is 6.15. The summed E-state index contributed by atoms with van der Waals surface area (Å²) in [6, 6.07) is 11.7. The van der Waals surface area contributed by atoms with Crippen LogP contribution in [0.15, 0.2) is 41.8 Å². The number of nitrogens with one attached hydrogen (secondary N) is 1. The molecule has 2 heterocycles. The first kappa shape index (κ1) is 12.9. The van der Waals surface area contributed by atoms with Crippen LogP contribution in [-0.2, 0) is 0 Å². The van der Waals surface area contributed by atoms with Crippen molar-refractivity contribution in [2.45, 2.75) is 13.3 Å². The summed E-state index contributed by atoms with van der Waals surface area (Å²) < 4.78 is 5.89. The van der Waals surface area contributed by atoms with Crippen molar-refractivity contribution >= 4 is 27.5 Å². The molecule has 0 radical (unpaired) electrons. The van der Waals surface area contributed by atoms with Gasteiger partial charge in [-0.3, -0.25) is 0 Å². The van der Waals surface area contributed by atoms with Crippen LogP contribution in [-0.4, -0.2) is 16.5 Å². The van der Waals surface area contributed by atoms with Crippen LogP contribution < -0.4 is 10.1 Å². The summed E-state index contributed by atoms with van der Waals surface area (Å²) in [5.74, 6) is 1.99. The van der Waals surface area contributed by atoms with E-state index in [-0.39, 0.29) is 0 Å². The van der Waals surface area contributed by atoms with Crippen molar-refractivity contribution in [3.63, 3.8) is 0 Å². The van der Waals surface area contributed by atoms with Crippen molar-refractivity contribution in [1.29, 1.82) is 0 Å². The van der Waals surface area contributed by atoms with Crippen molar-refractivity contribution < 1.29 is 4.74 Å². The van der Waals surface area contributed by atoms with Crippen LogP contribution in [0.1, 0.15) is 13.3 Å². The molecule has 2 aromatic heterocycles. The molecular weight excluding hydrogens is 270 g/mol. The fourth-order valence-corrected chi connectivity index (χ4v) is 2.58. The van der Waals surface area contributed by atoms with E-state index < -0.39 is 0 Å². The fraction of sp³-hybridized carbons (Fsp3) is 0.200. The van der Waals surface area contributed by atoms with Gasteiger partial charge in [0.1, 0.15) is 10.6 Å². The second-order valence-corrected chi connectivity index (χ2v) is 5.23. The number of hydrogen-bond donors (Lipinski definition) is 1. The molecule has 0 amide bonds. The summed E-state index contributed by atoms with van der Waals surface area (Å²) in [4.78, 5) is 9.89. The third-order valence-corrected chi connectivity index (χ3v) is 3.59. The predicted octanol–water partition coefficient (Wildman–Crippen LogP) is 4.31. The molecule has 0 atom stereocenters. The first-order valence-electron chi connectivity index (χ1n) is 6.59. The Balaban J connectivity index is 1.97. The Kier molecular flexibility index (Phi) is 3.78. The van der Waals surface area contributed by atoms with E-state index in [1.807, 2.05) is 41.8 Å². The highest BCUT2D eigenvalue weighted by Crippen LogP contribution is 2.31. The largest absolute Gasteiger partial charge is 0.438 e. The van der Waals surface area contributed by atoms with Gasteiger partial charge in [0.2, 0.25) is 11.8 Å². The number of rotatable bonds is 5. The molecule has 0 aliphatic heterocycles. The van der Waals surface area contributed by atoms with Gasteiger partial charge in [-0.15, -0.1) is 11.3 Å². The van der Waals surface area contributed by atoms with Crippen molar-refractivity contribution in [1.82, 2.24) is 9.97 Å². The maximum atomic E-state index is 5.89. The van der Waals surface area contributed by atoms with Crippen LogP contribution in [0.25, 0.3) is 10.2 Å². The summed E-state index contributed by atoms with van der Waals surface area (Å²) in [6.07, 6.45) is 1.03. The first-order valence-corrected chi connectivity index (χ1v) is 7.47. The van der Waals surface area contributed by atoms with Crippen LogP contribution in [0.3, 0.4) is 0 Å². The fourth-order valence-electron chi connectivity index (χ4n) is 1.82. The lowest BCUT2D eigenvalue weighted by Crippen LogP contribution is -2.04. The second kappa shape index (κ2) is 5.88. The molecule has 4 nitrogen and oxygen atoms in total. The van der Waals surface area contributed by atoms with E-state index in [0.717, 1.165) is 28.9 Å². The topological polar surface area (TPSA) is 47.0 Å². The smallest absolute Gasteiger partial charge is 0.232 e. The van der Waals surface area contributed by atoms with Crippen molar-refractivity contribution in [2.24, 2.45) is 0 Å². The molecule has 0 bridgehead atoms. The van der Waals surface area contributed by atoms with Gasteiger partial charge in [0.15, 0.2) is 0 Å². The van der Waals surface area contributed by atoms with Crippen molar-refractivity contribution in [2.75, 3.05) is 11.9 Å². The van der Waals surface area contributed by atoms with Gasteiger partial charge in [0, 0.05) is 6.54 Å². The summed E-state index contributed by atoms with van der Waals surface area (Å²) in [7, 11) is 0. The van der Waals surface area contributed by atoms with Crippen LogP contribution in [0, 0.1) is 0 Å². The first-order chi connectivity index (χ1) is 9.86. The van der Waals surface area contributed by atoms with Crippen LogP contribution in [0.4, 0.5) is 5.95 Å². The van der Waals surface area contributed by atoms with E-state index in [2.05, 4.69) is 22.2 Å². The highest BCUT2D eigenvalue weighted by atomic mass is 32.1. The summed E-state index contributed by atoms with van der Waals surface area (Å²) in [6.45, 7) is 2.96. The van der Waals surface area contributed by atoms with E-state index in [1.54, 1.807) is 11.3 Å². The van der Waals surface area contributed by atoms with Crippen molar-refractivity contribution in [3.05, 3.63) is 41.8 Å². The maximum Gasteiger partial charge on any atom is 0.232 e. The molecule has 3 aromatic rings. The Bertz CT molecular complexity index is 697. The van der Waals surface area contributed by atoms with E-state index in [0.29, 0.717) is 11.8 Å². The third-order valence-electron chi connectivity index (χ3n) is 2.78. The molecule has 5 heteroatoms. The number of ether oxygens (including phenoxy) is 1. The number of benzene rings is 1. The molecular formula is C15H15N3OS. The average molecular weight is 285 g/mol. The van der Waals surface area contributed by atoms with Gasteiger partial charge in [0.25, 0.3) is 0 Å². The molecule has 0 saturated heterocycles. The second-order valence-electron chi connectivity index (χ2n) is 4.33. The van der Waals surface area contributed by atoms with Gasteiger partial charge in [-0.2, -0.15) is 4.98 Å². The molecule has 1 aromatic carbocycles. The zero-order chi connectivity index (χ0) is 13.8. The number of hydrogen-bond acceptors (Lipinski definition) is 5. The molecule has 3 rings (SSSR count). The number of anilines is 1. The van der Waals surface area contributed by atoms with Gasteiger partial charge >= 0.3 is 0 Å². The molecule has 102 valence electrons. The third kappa shape index (κ3) is 2.72. The minimum atomic E-state index is 0.598. The number of nitrogens with zero attached hydrogens (tertiary/aromatic N) is 2. The number of thiophene rings is 1. The van der Waals surface area contributed by atoms with Crippen molar-refractivity contribution in [3.8, 4) is 11.6 Å². The Morgan fingerprint density at radius 2 is 2.00 bits per heavy atom. The Morgan fingerprint density at radius 3 is 2.80 bits per heavy atom. The average Bonchev–Trinajstić information content (AvgIpc) is 2.95. The van der Waals surface area contributed by atoms with Gasteiger partial charge in [-0.1, -0.05) is 25.1 Å². The Hall–Kier alpha value is -2.14. The molecule has 0 aliphatic carbocycles. The molecule has 0 saturated carbocycles. The number of fused-ring (bicyclic) bond motifs is 1. The zero-order valence-corrected chi connectivity index (χ0v) is 12.0. The van der Waals surface area contributed by atoms with Gasteiger partial charge in [-0.25, -0.2) is 4.98 Å². The highest BCUT2D eigenvalue weighted by Gasteiger charge is 2.10. The van der Waals surface area contributed by atoms with E-state index in [4.69, 9.17) is 4.74 Å². The summed E-state index contributed by atoms with van der Waals surface area (Å²) in [5.41, 5.74) is 0. The van der Waals surface area contributed by atoms with Gasteiger partial charge < -0.3 is 10.1 Å². The highest BCUT2D eigenvalue weighted by molar-refractivity contribution is 7.16. The van der Waals surface area contributed by atoms with Gasteiger partial charge in [0.05, 0.1) is 5.39 Å². The standard InChI is InChI=1S/C15H15N3OS/c1-2-9-16-15-17-13(12-8-10-20-14(12)18-15)19-11-6-4-3-5-7-11/h3-8,10H,2,9H2,1H3,(H,16,17,18). The van der Waals surface area contributed by atoms with Gasteiger partial charge in [-0.05, 0) is 30.0 Å². The zero-order valence-electron chi connectivity index (χ0n) is 11.2. The SMILES string of the molecule is CCCNc1nc(Oc2ccccc2)c2ccsc2n1. The quantitative estimate of drug-likeness (QED) is 0.759. The number of aromatic nitrogens is 2. The lowest BCUT2D eigenvalue weighted by molar-refractivity contribution is 0.469. The molecule has 0 fully saturated rings.